The number of Topliss-reactive ketones (excluding diaryl/α,β-unsaturated/α-hetero) is 1. The Balaban J connectivity index is 2.44. The minimum atomic E-state index is -1.25. The first-order valence-electron chi connectivity index (χ1n) is 9.02. The van der Waals surface area contributed by atoms with Crippen molar-refractivity contribution in [2.24, 2.45) is 0 Å². The molecule has 0 aromatic heterocycles. The quantitative estimate of drug-likeness (QED) is 0.468. The summed E-state index contributed by atoms with van der Waals surface area (Å²) in [6.07, 6.45) is 0.915. The predicted octanol–water partition coefficient (Wildman–Crippen LogP) is 1.90. The number of hydrogen-bond donors (Lipinski definition) is 0. The Morgan fingerprint density at radius 2 is 1.86 bits per heavy atom. The molecule has 0 radical (unpaired) electrons. The summed E-state index contributed by atoms with van der Waals surface area (Å²) in [6, 6.07) is 7.67. The fraction of sp³-hybridized carbons (Fsp3) is 0.400. The fourth-order valence-electron chi connectivity index (χ4n) is 2.80. The van der Waals surface area contributed by atoms with E-state index in [0.29, 0.717) is 0 Å². The molecule has 2 atom stereocenters. The highest BCUT2D eigenvalue weighted by Gasteiger charge is 2.41. The van der Waals surface area contributed by atoms with Gasteiger partial charge in [-0.25, -0.2) is 14.8 Å². The molecule has 0 aliphatic carbocycles. The van der Waals surface area contributed by atoms with Crippen LogP contribution in [-0.2, 0) is 35.1 Å². The number of benzene rings is 1. The van der Waals surface area contributed by atoms with Gasteiger partial charge in [0.05, 0.1) is 6.10 Å². The Morgan fingerprint density at radius 1 is 1.21 bits per heavy atom. The van der Waals surface area contributed by atoms with E-state index in [0.717, 1.165) is 27.3 Å². The molecule has 9 heteroatoms. The third-order valence-electron chi connectivity index (χ3n) is 4.01. The monoisotopic (exact) mass is 420 g/mol. The van der Waals surface area contributed by atoms with E-state index in [1.165, 1.54) is 20.2 Å². The maximum Gasteiger partial charge on any atom is 0.377 e. The lowest BCUT2D eigenvalue weighted by Gasteiger charge is -2.39. The average molecular weight is 420 g/mol. The molecule has 1 heterocycles. The van der Waals surface area contributed by atoms with Crippen LogP contribution in [0.5, 0.6) is 0 Å². The number of carbonyl (C=O) groups excluding carboxylic acids is 4. The molecule has 1 aromatic carbocycles. The van der Waals surface area contributed by atoms with Crippen LogP contribution in [0, 0.1) is 0 Å². The van der Waals surface area contributed by atoms with E-state index >= 15 is 0 Å². The lowest BCUT2D eigenvalue weighted by atomic mass is 10.0. The number of hydrazine groups is 1. The van der Waals surface area contributed by atoms with E-state index in [4.69, 9.17) is 9.47 Å². The first-order valence-corrected chi connectivity index (χ1v) is 9.97. The molecule has 0 saturated carbocycles. The molecule has 0 spiro atoms. The van der Waals surface area contributed by atoms with Crippen LogP contribution in [0.4, 0.5) is 0 Å². The number of rotatable bonds is 8. The smallest absolute Gasteiger partial charge is 0.377 e. The Hall–Kier alpha value is -2.65. The van der Waals surface area contributed by atoms with Crippen LogP contribution in [0.15, 0.2) is 41.9 Å². The van der Waals surface area contributed by atoms with Crippen LogP contribution < -0.4 is 0 Å². The molecule has 0 saturated heterocycles. The first-order chi connectivity index (χ1) is 13.8. The summed E-state index contributed by atoms with van der Waals surface area (Å²) >= 11 is 1.13. The molecule has 1 unspecified atom stereocenters. The van der Waals surface area contributed by atoms with E-state index in [-0.39, 0.29) is 6.42 Å². The molecule has 1 aromatic rings. The number of esters is 1. The standard InChI is InChI=1S/C20H24N2O6S/c1-13(2)28-19(26)17(24)16(12-15-8-6-5-7-9-15)22(14(3)23)21-10-11-29-20(27-4)18(21)25/h5-11,13,16,20H,12H2,1-4H3/t16-,20?/m0/s1. The fourth-order valence-corrected chi connectivity index (χ4v) is 3.46. The summed E-state index contributed by atoms with van der Waals surface area (Å²) in [5.41, 5.74) is -0.141. The van der Waals surface area contributed by atoms with Gasteiger partial charge < -0.3 is 9.47 Å². The van der Waals surface area contributed by atoms with Crippen molar-refractivity contribution < 1.29 is 28.7 Å². The van der Waals surface area contributed by atoms with Gasteiger partial charge in [-0.3, -0.25) is 14.4 Å². The van der Waals surface area contributed by atoms with Gasteiger partial charge in [0.25, 0.3) is 11.7 Å². The van der Waals surface area contributed by atoms with E-state index in [9.17, 15) is 19.2 Å². The summed E-state index contributed by atoms with van der Waals surface area (Å²) < 4.78 is 10.2. The normalized spacial score (nSPS) is 17.2. The number of ether oxygens (including phenoxy) is 2. The minimum absolute atomic E-state index is 0.0366. The van der Waals surface area contributed by atoms with Crippen molar-refractivity contribution in [2.45, 2.75) is 44.8 Å². The van der Waals surface area contributed by atoms with Crippen molar-refractivity contribution in [3.63, 3.8) is 0 Å². The minimum Gasteiger partial charge on any atom is -0.457 e. The molecule has 1 aliphatic rings. The van der Waals surface area contributed by atoms with Gasteiger partial charge in [-0.1, -0.05) is 42.1 Å². The molecule has 0 bridgehead atoms. The number of methoxy groups -OCH3 is 1. The zero-order chi connectivity index (χ0) is 21.6. The van der Waals surface area contributed by atoms with Gasteiger partial charge >= 0.3 is 5.97 Å². The Bertz CT molecular complexity index is 795. The third-order valence-corrected chi connectivity index (χ3v) is 4.93. The summed E-state index contributed by atoms with van der Waals surface area (Å²) in [4.78, 5) is 50.5. The van der Waals surface area contributed by atoms with Crippen molar-refractivity contribution in [3.05, 3.63) is 47.5 Å². The maximum absolute atomic E-state index is 13.0. The van der Waals surface area contributed by atoms with E-state index in [1.54, 1.807) is 43.5 Å². The predicted molar refractivity (Wildman–Crippen MR) is 107 cm³/mol. The average Bonchev–Trinajstić information content (AvgIpc) is 2.68. The van der Waals surface area contributed by atoms with Crippen molar-refractivity contribution in [1.29, 1.82) is 0 Å². The second-order valence-electron chi connectivity index (χ2n) is 6.56. The van der Waals surface area contributed by atoms with E-state index in [2.05, 4.69) is 0 Å². The van der Waals surface area contributed by atoms with Gasteiger partial charge in [0, 0.05) is 26.7 Å². The van der Waals surface area contributed by atoms with E-state index in [1.807, 2.05) is 6.07 Å². The van der Waals surface area contributed by atoms with Crippen LogP contribution in [0.3, 0.4) is 0 Å². The summed E-state index contributed by atoms with van der Waals surface area (Å²) in [6.45, 7) is 4.47. The molecule has 2 amide bonds. The Kier molecular flexibility index (Phi) is 7.98. The van der Waals surface area contributed by atoms with Crippen molar-refractivity contribution in [1.82, 2.24) is 10.0 Å². The summed E-state index contributed by atoms with van der Waals surface area (Å²) in [7, 11) is 1.37. The van der Waals surface area contributed by atoms with Gasteiger partial charge in [-0.05, 0) is 24.8 Å². The molecule has 8 nitrogen and oxygen atoms in total. The maximum atomic E-state index is 13.0. The van der Waals surface area contributed by atoms with Crippen molar-refractivity contribution in [2.75, 3.05) is 7.11 Å². The van der Waals surface area contributed by atoms with Gasteiger partial charge in [0.2, 0.25) is 5.91 Å². The first kappa shape index (κ1) is 22.6. The molecule has 1 aliphatic heterocycles. The molecule has 0 fully saturated rings. The lowest BCUT2D eigenvalue weighted by Crippen LogP contribution is -2.58. The highest BCUT2D eigenvalue weighted by molar-refractivity contribution is 8.03. The van der Waals surface area contributed by atoms with Crippen LogP contribution >= 0.6 is 11.8 Å². The van der Waals surface area contributed by atoms with E-state index < -0.39 is 41.1 Å². The summed E-state index contributed by atoms with van der Waals surface area (Å²) in [5.74, 6) is -3.07. The number of nitrogens with zero attached hydrogens (tertiary/aromatic N) is 2. The van der Waals surface area contributed by atoms with Gasteiger partial charge in [0.1, 0.15) is 6.04 Å². The number of hydrogen-bond acceptors (Lipinski definition) is 7. The second-order valence-corrected chi connectivity index (χ2v) is 7.53. The van der Waals surface area contributed by atoms with Crippen LogP contribution in [-0.4, -0.2) is 58.3 Å². The molecule has 156 valence electrons. The molecule has 29 heavy (non-hydrogen) atoms. The highest BCUT2D eigenvalue weighted by Crippen LogP contribution is 2.25. The van der Waals surface area contributed by atoms with Crippen molar-refractivity contribution >= 4 is 35.3 Å². The SMILES string of the molecule is COC1SC=CN(N(C(C)=O)[C@@H](Cc2ccccc2)C(=O)C(=O)OC(C)C)C1=O. The van der Waals surface area contributed by atoms with Gasteiger partial charge in [-0.15, -0.1) is 0 Å². The molecule has 2 rings (SSSR count). The van der Waals surface area contributed by atoms with Crippen LogP contribution in [0.2, 0.25) is 0 Å². The van der Waals surface area contributed by atoms with Crippen LogP contribution in [0.25, 0.3) is 0 Å². The third kappa shape index (κ3) is 5.68. The lowest BCUT2D eigenvalue weighted by molar-refractivity contribution is -0.172. The summed E-state index contributed by atoms with van der Waals surface area (Å²) in [5, 5.41) is 3.60. The number of thioether (sulfide) groups is 1. The Labute approximate surface area is 173 Å². The molecule has 0 N–H and O–H groups in total. The number of carbonyl (C=O) groups is 4. The number of ketones is 1. The zero-order valence-corrected chi connectivity index (χ0v) is 17.5. The topological polar surface area (TPSA) is 93.2 Å². The van der Waals surface area contributed by atoms with Gasteiger partial charge in [0.15, 0.2) is 5.44 Å². The van der Waals surface area contributed by atoms with Gasteiger partial charge in [-0.2, -0.15) is 0 Å². The van der Waals surface area contributed by atoms with Crippen molar-refractivity contribution in [3.8, 4) is 0 Å². The number of amides is 2. The molecular formula is C20H24N2O6S. The largest absolute Gasteiger partial charge is 0.457 e. The Morgan fingerprint density at radius 3 is 2.41 bits per heavy atom. The van der Waals surface area contributed by atoms with Crippen LogP contribution in [0.1, 0.15) is 26.3 Å². The second kappa shape index (κ2) is 10.2. The zero-order valence-electron chi connectivity index (χ0n) is 16.7. The highest BCUT2D eigenvalue weighted by atomic mass is 32.2. The molecular weight excluding hydrogens is 396 g/mol.